The summed E-state index contributed by atoms with van der Waals surface area (Å²) in [7, 11) is 0. The molecule has 140 valence electrons. The Kier molecular flexibility index (Phi) is 5.23. The average molecular weight is 426 g/mol. The highest BCUT2D eigenvalue weighted by molar-refractivity contribution is 9.10. The fraction of sp³-hybridized carbons (Fsp3) is 0.273. The van der Waals surface area contributed by atoms with Gasteiger partial charge in [0.1, 0.15) is 0 Å². The molecule has 0 bridgehead atoms. The highest BCUT2D eigenvalue weighted by Crippen LogP contribution is 2.23. The highest BCUT2D eigenvalue weighted by atomic mass is 79.9. The van der Waals surface area contributed by atoms with Gasteiger partial charge in [-0.15, -0.1) is 0 Å². The highest BCUT2D eigenvalue weighted by Gasteiger charge is 2.11. The molecule has 1 fully saturated rings. The van der Waals surface area contributed by atoms with Crippen LogP contribution in [0.15, 0.2) is 53.0 Å². The van der Waals surface area contributed by atoms with Gasteiger partial charge in [0.15, 0.2) is 0 Å². The SMILES string of the molecule is Cc1cc2cc(Br)ccc2[nH]1.Cc1cc2cc(N3CCOCC3)ccc2[nH]1. The van der Waals surface area contributed by atoms with Crippen molar-refractivity contribution in [2.24, 2.45) is 0 Å². The van der Waals surface area contributed by atoms with Crippen molar-refractivity contribution in [1.29, 1.82) is 0 Å². The number of rotatable bonds is 1. The number of aryl methyl sites for hydroxylation is 2. The van der Waals surface area contributed by atoms with E-state index < -0.39 is 0 Å². The van der Waals surface area contributed by atoms with E-state index in [1.54, 1.807) is 0 Å². The fourth-order valence-corrected chi connectivity index (χ4v) is 3.91. The molecule has 2 N–H and O–H groups in total. The molecule has 5 rings (SSSR count). The van der Waals surface area contributed by atoms with E-state index in [4.69, 9.17) is 4.74 Å². The molecule has 2 aromatic carbocycles. The zero-order valence-electron chi connectivity index (χ0n) is 15.7. The van der Waals surface area contributed by atoms with Gasteiger partial charge in [-0.2, -0.15) is 0 Å². The van der Waals surface area contributed by atoms with E-state index >= 15 is 0 Å². The van der Waals surface area contributed by atoms with Crippen molar-refractivity contribution in [3.8, 4) is 0 Å². The normalized spacial score (nSPS) is 14.4. The summed E-state index contributed by atoms with van der Waals surface area (Å²) >= 11 is 3.43. The van der Waals surface area contributed by atoms with E-state index in [9.17, 15) is 0 Å². The Labute approximate surface area is 167 Å². The van der Waals surface area contributed by atoms with E-state index in [0.717, 1.165) is 30.8 Å². The Morgan fingerprint density at radius 3 is 2.07 bits per heavy atom. The average Bonchev–Trinajstić information content (AvgIpc) is 3.22. The number of hydrogen-bond donors (Lipinski definition) is 2. The minimum Gasteiger partial charge on any atom is -0.378 e. The van der Waals surface area contributed by atoms with Crippen LogP contribution in [0.3, 0.4) is 0 Å². The van der Waals surface area contributed by atoms with Crippen LogP contribution in [0.2, 0.25) is 0 Å². The van der Waals surface area contributed by atoms with Crippen molar-refractivity contribution < 1.29 is 4.74 Å². The Balaban J connectivity index is 0.000000143. The van der Waals surface area contributed by atoms with Gasteiger partial charge in [0.2, 0.25) is 0 Å². The van der Waals surface area contributed by atoms with Gasteiger partial charge in [-0.25, -0.2) is 0 Å². The predicted molar refractivity (Wildman–Crippen MR) is 117 cm³/mol. The van der Waals surface area contributed by atoms with Crippen LogP contribution in [0.4, 0.5) is 5.69 Å². The van der Waals surface area contributed by atoms with E-state index in [1.807, 2.05) is 6.07 Å². The van der Waals surface area contributed by atoms with Crippen molar-refractivity contribution in [1.82, 2.24) is 9.97 Å². The van der Waals surface area contributed by atoms with Gasteiger partial charge < -0.3 is 19.6 Å². The zero-order chi connectivity index (χ0) is 18.8. The molecule has 0 unspecified atom stereocenters. The first-order valence-electron chi connectivity index (χ1n) is 9.25. The van der Waals surface area contributed by atoms with E-state index in [2.05, 4.69) is 87.1 Å². The monoisotopic (exact) mass is 425 g/mol. The fourth-order valence-electron chi connectivity index (χ4n) is 3.53. The molecule has 5 heteroatoms. The smallest absolute Gasteiger partial charge is 0.0642 e. The zero-order valence-corrected chi connectivity index (χ0v) is 17.3. The predicted octanol–water partition coefficient (Wildman–Crippen LogP) is 5.55. The van der Waals surface area contributed by atoms with Crippen LogP contribution in [0.5, 0.6) is 0 Å². The number of nitrogens with zero attached hydrogens (tertiary/aromatic N) is 1. The Morgan fingerprint density at radius 2 is 1.41 bits per heavy atom. The van der Waals surface area contributed by atoms with Crippen molar-refractivity contribution >= 4 is 43.4 Å². The van der Waals surface area contributed by atoms with Crippen molar-refractivity contribution in [2.45, 2.75) is 13.8 Å². The number of ether oxygens (including phenoxy) is 1. The molecule has 0 atom stereocenters. The molecular weight excluding hydrogens is 402 g/mol. The molecule has 0 saturated carbocycles. The number of fused-ring (bicyclic) bond motifs is 2. The molecule has 4 nitrogen and oxygen atoms in total. The number of H-pyrrole nitrogens is 2. The minimum atomic E-state index is 0.838. The number of nitrogens with one attached hydrogen (secondary N) is 2. The maximum Gasteiger partial charge on any atom is 0.0642 e. The third-order valence-electron chi connectivity index (χ3n) is 4.83. The third-order valence-corrected chi connectivity index (χ3v) is 5.33. The topological polar surface area (TPSA) is 44.0 Å². The van der Waals surface area contributed by atoms with E-state index in [0.29, 0.717) is 0 Å². The van der Waals surface area contributed by atoms with Crippen LogP contribution >= 0.6 is 15.9 Å². The molecule has 0 spiro atoms. The molecule has 3 heterocycles. The molecule has 2 aromatic heterocycles. The number of aromatic nitrogens is 2. The molecule has 1 aliphatic heterocycles. The molecule has 0 radical (unpaired) electrons. The summed E-state index contributed by atoms with van der Waals surface area (Å²) < 4.78 is 6.49. The second-order valence-corrected chi connectivity index (χ2v) is 7.92. The number of anilines is 1. The maximum atomic E-state index is 5.36. The van der Waals surface area contributed by atoms with Crippen molar-refractivity contribution in [3.63, 3.8) is 0 Å². The summed E-state index contributed by atoms with van der Waals surface area (Å²) in [5.41, 5.74) is 6.14. The van der Waals surface area contributed by atoms with Crippen LogP contribution < -0.4 is 4.90 Å². The molecule has 1 saturated heterocycles. The number of hydrogen-bond acceptors (Lipinski definition) is 2. The second kappa shape index (κ2) is 7.79. The van der Waals surface area contributed by atoms with Gasteiger partial charge in [-0.1, -0.05) is 15.9 Å². The molecule has 27 heavy (non-hydrogen) atoms. The first-order chi connectivity index (χ1) is 13.1. The first-order valence-corrected chi connectivity index (χ1v) is 10.0. The van der Waals surface area contributed by atoms with Gasteiger partial charge >= 0.3 is 0 Å². The molecule has 0 amide bonds. The largest absolute Gasteiger partial charge is 0.378 e. The summed E-state index contributed by atoms with van der Waals surface area (Å²) in [6.45, 7) is 7.82. The summed E-state index contributed by atoms with van der Waals surface area (Å²) in [4.78, 5) is 8.99. The lowest BCUT2D eigenvalue weighted by Gasteiger charge is -2.28. The van der Waals surface area contributed by atoms with E-state index in [-0.39, 0.29) is 0 Å². The van der Waals surface area contributed by atoms with Crippen LogP contribution in [-0.4, -0.2) is 36.3 Å². The van der Waals surface area contributed by atoms with Crippen LogP contribution in [0.25, 0.3) is 21.8 Å². The van der Waals surface area contributed by atoms with Crippen molar-refractivity contribution in [2.75, 3.05) is 31.2 Å². The van der Waals surface area contributed by atoms with Crippen LogP contribution in [-0.2, 0) is 4.74 Å². The lowest BCUT2D eigenvalue weighted by Crippen LogP contribution is -2.36. The molecule has 0 aliphatic carbocycles. The van der Waals surface area contributed by atoms with Gasteiger partial charge in [-0.05, 0) is 62.4 Å². The van der Waals surface area contributed by atoms with Crippen LogP contribution in [0, 0.1) is 13.8 Å². The third kappa shape index (κ3) is 4.20. The van der Waals surface area contributed by atoms with Crippen molar-refractivity contribution in [3.05, 3.63) is 64.4 Å². The first kappa shape index (κ1) is 18.1. The lowest BCUT2D eigenvalue weighted by molar-refractivity contribution is 0.122. The summed E-state index contributed by atoms with van der Waals surface area (Å²) in [6.07, 6.45) is 0. The van der Waals surface area contributed by atoms with Gasteiger partial charge in [-0.3, -0.25) is 0 Å². The summed E-state index contributed by atoms with van der Waals surface area (Å²) in [5, 5.41) is 2.55. The summed E-state index contributed by atoms with van der Waals surface area (Å²) in [5.74, 6) is 0. The second-order valence-electron chi connectivity index (χ2n) is 7.01. The standard InChI is InChI=1S/C13H16N2O.C9H8BrN/c1-10-8-11-9-12(2-3-13(11)14-10)15-4-6-16-7-5-15;1-6-4-7-5-8(10)2-3-9(7)11-6/h2-3,8-9,14H,4-7H2,1H3;2-5,11H,1H3. The number of aromatic amines is 2. The Hall–Kier alpha value is -2.24. The Bertz CT molecular complexity index is 1060. The number of morpholine rings is 1. The number of benzene rings is 2. The lowest BCUT2D eigenvalue weighted by atomic mass is 10.2. The maximum absolute atomic E-state index is 5.36. The van der Waals surface area contributed by atoms with Gasteiger partial charge in [0, 0.05) is 56.4 Å². The molecule has 4 aromatic rings. The van der Waals surface area contributed by atoms with Gasteiger partial charge in [0.05, 0.1) is 13.2 Å². The van der Waals surface area contributed by atoms with Crippen LogP contribution in [0.1, 0.15) is 11.4 Å². The van der Waals surface area contributed by atoms with Gasteiger partial charge in [0.25, 0.3) is 0 Å². The quantitative estimate of drug-likeness (QED) is 0.419. The summed E-state index contributed by atoms with van der Waals surface area (Å²) in [6, 6.07) is 17.2. The number of halogens is 1. The molecular formula is C22H24BrN3O. The molecule has 1 aliphatic rings. The minimum absolute atomic E-state index is 0.838. The Morgan fingerprint density at radius 1 is 0.815 bits per heavy atom. The van der Waals surface area contributed by atoms with E-state index in [1.165, 1.54) is 38.9 Å².